The van der Waals surface area contributed by atoms with E-state index in [9.17, 15) is 5.11 Å². The summed E-state index contributed by atoms with van der Waals surface area (Å²) in [6.45, 7) is 12.0. The zero-order chi connectivity index (χ0) is 17.3. The van der Waals surface area contributed by atoms with Crippen LogP contribution in [0.4, 0.5) is 0 Å². The van der Waals surface area contributed by atoms with Crippen LogP contribution in [0, 0.1) is 29.6 Å². The van der Waals surface area contributed by atoms with E-state index >= 15 is 0 Å². The van der Waals surface area contributed by atoms with Crippen LogP contribution in [0.1, 0.15) is 76.5 Å². The summed E-state index contributed by atoms with van der Waals surface area (Å²) < 4.78 is 0. The van der Waals surface area contributed by atoms with E-state index in [-0.39, 0.29) is 11.5 Å². The maximum absolute atomic E-state index is 10.6. The van der Waals surface area contributed by atoms with Crippen molar-refractivity contribution in [1.82, 2.24) is 0 Å². The third kappa shape index (κ3) is 2.03. The average molecular weight is 327 g/mol. The summed E-state index contributed by atoms with van der Waals surface area (Å²) in [5, 5.41) is 10.6. The van der Waals surface area contributed by atoms with Crippen LogP contribution < -0.4 is 0 Å². The second-order valence-electron chi connectivity index (χ2n) is 10.1. The van der Waals surface area contributed by atoms with Gasteiger partial charge in [-0.15, -0.1) is 0 Å². The maximum Gasteiger partial charge on any atom is 0.0594 e. The van der Waals surface area contributed by atoms with Gasteiger partial charge in [0, 0.05) is 0 Å². The molecule has 2 fully saturated rings. The Morgan fingerprint density at radius 1 is 0.958 bits per heavy atom. The second-order valence-corrected chi connectivity index (χ2v) is 10.1. The molecule has 1 aromatic rings. The number of aliphatic hydroxyl groups excluding tert-OH is 1. The van der Waals surface area contributed by atoms with Crippen LogP contribution >= 0.6 is 0 Å². The summed E-state index contributed by atoms with van der Waals surface area (Å²) in [6, 6.07) is 7.18. The molecule has 0 bridgehead atoms. The average Bonchev–Trinajstić information content (AvgIpc) is 2.50. The molecule has 0 amide bonds. The third-order valence-corrected chi connectivity index (χ3v) is 8.61. The summed E-state index contributed by atoms with van der Waals surface area (Å²) in [7, 11) is 0. The molecule has 3 aliphatic rings. The summed E-state index contributed by atoms with van der Waals surface area (Å²) in [4.78, 5) is 0. The molecule has 0 heterocycles. The normalized spacial score (nSPS) is 43.5. The monoisotopic (exact) mass is 326 g/mol. The lowest BCUT2D eigenvalue weighted by Gasteiger charge is -2.65. The van der Waals surface area contributed by atoms with Crippen molar-refractivity contribution in [1.29, 1.82) is 0 Å². The number of hydrogen-bond acceptors (Lipinski definition) is 1. The minimum absolute atomic E-state index is 0.0574. The lowest BCUT2D eigenvalue weighted by Crippen LogP contribution is -2.60. The zero-order valence-electron chi connectivity index (χ0n) is 16.2. The summed E-state index contributed by atoms with van der Waals surface area (Å²) in [5.74, 6) is 1.41. The highest BCUT2D eigenvalue weighted by Gasteiger charge is 2.61. The number of benzene rings is 1. The molecule has 0 aliphatic heterocycles. The van der Waals surface area contributed by atoms with Crippen LogP contribution in [-0.4, -0.2) is 11.2 Å². The number of fused-ring (bicyclic) bond motifs is 5. The molecular weight excluding hydrogens is 292 g/mol. The molecule has 0 spiro atoms. The van der Waals surface area contributed by atoms with Crippen LogP contribution in [0.2, 0.25) is 0 Å². The largest absolute Gasteiger partial charge is 0.393 e. The van der Waals surface area contributed by atoms with E-state index in [1.807, 2.05) is 0 Å². The predicted octanol–water partition coefficient (Wildman–Crippen LogP) is 5.41. The van der Waals surface area contributed by atoms with Gasteiger partial charge in [0.25, 0.3) is 0 Å². The van der Waals surface area contributed by atoms with E-state index in [2.05, 4.69) is 52.8 Å². The number of rotatable bonds is 0. The minimum atomic E-state index is -0.126. The summed E-state index contributed by atoms with van der Waals surface area (Å²) in [6.07, 6.45) is 7.16. The van der Waals surface area contributed by atoms with Crippen LogP contribution in [0.3, 0.4) is 0 Å². The Labute approximate surface area is 147 Å². The van der Waals surface area contributed by atoms with Crippen molar-refractivity contribution in [3.05, 3.63) is 34.9 Å². The highest BCUT2D eigenvalue weighted by Crippen LogP contribution is 2.66. The second kappa shape index (κ2) is 5.10. The molecule has 0 aromatic heterocycles. The molecule has 2 saturated carbocycles. The van der Waals surface area contributed by atoms with Gasteiger partial charge < -0.3 is 5.11 Å². The number of hydrogen-bond donors (Lipinski definition) is 1. The van der Waals surface area contributed by atoms with E-state index < -0.39 is 0 Å². The van der Waals surface area contributed by atoms with Gasteiger partial charge in [-0.25, -0.2) is 0 Å². The SMILES string of the molecule is Cc1ccc2c(c1)CCC1[C@@]3(C)CC[C@H](O)C(C)(C)C3CC[C@@]21C. The van der Waals surface area contributed by atoms with Gasteiger partial charge in [-0.05, 0) is 84.7 Å². The first kappa shape index (κ1) is 16.6. The molecule has 4 rings (SSSR count). The first-order valence-corrected chi connectivity index (χ1v) is 9.98. The van der Waals surface area contributed by atoms with Gasteiger partial charge in [0.15, 0.2) is 0 Å². The molecule has 132 valence electrons. The quantitative estimate of drug-likeness (QED) is 0.675. The highest BCUT2D eigenvalue weighted by molar-refractivity contribution is 5.41. The van der Waals surface area contributed by atoms with Crippen molar-refractivity contribution < 1.29 is 5.11 Å². The third-order valence-electron chi connectivity index (χ3n) is 8.61. The first-order valence-electron chi connectivity index (χ1n) is 9.98. The molecular formula is C23H34O. The Bertz CT molecular complexity index is 660. The van der Waals surface area contributed by atoms with Crippen molar-refractivity contribution in [2.75, 3.05) is 0 Å². The first-order chi connectivity index (χ1) is 11.2. The fourth-order valence-electron chi connectivity index (χ4n) is 7.30. The standard InChI is InChI=1S/C23H34O/c1-15-6-8-17-16(14-15)7-9-19-22(17,4)12-10-18-21(2,3)20(24)11-13-23(18,19)5/h6,8,14,18-20,24H,7,9-13H2,1-5H3/t18?,19?,20-,22-,23-/m0/s1. The van der Waals surface area contributed by atoms with Crippen molar-refractivity contribution in [3.8, 4) is 0 Å². The van der Waals surface area contributed by atoms with Crippen molar-refractivity contribution in [2.45, 2.75) is 84.7 Å². The van der Waals surface area contributed by atoms with E-state index in [4.69, 9.17) is 0 Å². The Balaban J connectivity index is 1.79. The van der Waals surface area contributed by atoms with Gasteiger partial charge in [0.2, 0.25) is 0 Å². The van der Waals surface area contributed by atoms with Crippen LogP contribution in [0.15, 0.2) is 18.2 Å². The van der Waals surface area contributed by atoms with E-state index in [0.717, 1.165) is 12.3 Å². The molecule has 24 heavy (non-hydrogen) atoms. The van der Waals surface area contributed by atoms with E-state index in [1.165, 1.54) is 37.7 Å². The lowest BCUT2D eigenvalue weighted by molar-refractivity contribution is -0.158. The van der Waals surface area contributed by atoms with Crippen molar-refractivity contribution >= 4 is 0 Å². The molecule has 1 aromatic carbocycles. The zero-order valence-corrected chi connectivity index (χ0v) is 16.2. The molecule has 0 radical (unpaired) electrons. The van der Waals surface area contributed by atoms with Crippen molar-refractivity contribution in [2.24, 2.45) is 22.7 Å². The van der Waals surface area contributed by atoms with Crippen LogP contribution in [0.5, 0.6) is 0 Å². The van der Waals surface area contributed by atoms with Crippen LogP contribution in [0.25, 0.3) is 0 Å². The number of aryl methyl sites for hydroxylation is 2. The summed E-state index contributed by atoms with van der Waals surface area (Å²) >= 11 is 0. The number of aliphatic hydroxyl groups is 1. The Kier molecular flexibility index (Phi) is 3.53. The van der Waals surface area contributed by atoms with E-state index in [0.29, 0.717) is 16.7 Å². The van der Waals surface area contributed by atoms with Gasteiger partial charge in [-0.2, -0.15) is 0 Å². The van der Waals surface area contributed by atoms with Gasteiger partial charge in [0.05, 0.1) is 6.10 Å². The molecule has 2 unspecified atom stereocenters. The molecule has 3 aliphatic carbocycles. The fourth-order valence-corrected chi connectivity index (χ4v) is 7.30. The van der Waals surface area contributed by atoms with E-state index in [1.54, 1.807) is 11.1 Å². The Hall–Kier alpha value is -0.820. The molecule has 1 nitrogen and oxygen atoms in total. The molecule has 1 N–H and O–H groups in total. The topological polar surface area (TPSA) is 20.2 Å². The fraction of sp³-hybridized carbons (Fsp3) is 0.739. The smallest absolute Gasteiger partial charge is 0.0594 e. The molecule has 1 heteroatoms. The van der Waals surface area contributed by atoms with Gasteiger partial charge in [0.1, 0.15) is 0 Å². The summed E-state index contributed by atoms with van der Waals surface area (Å²) in [5.41, 5.74) is 5.39. The van der Waals surface area contributed by atoms with Gasteiger partial charge >= 0.3 is 0 Å². The highest BCUT2D eigenvalue weighted by atomic mass is 16.3. The predicted molar refractivity (Wildman–Crippen MR) is 100 cm³/mol. The molecule has 0 saturated heterocycles. The minimum Gasteiger partial charge on any atom is -0.393 e. The van der Waals surface area contributed by atoms with Crippen molar-refractivity contribution in [3.63, 3.8) is 0 Å². The van der Waals surface area contributed by atoms with Crippen LogP contribution in [-0.2, 0) is 11.8 Å². The lowest BCUT2D eigenvalue weighted by atomic mass is 9.40. The van der Waals surface area contributed by atoms with Gasteiger partial charge in [-0.3, -0.25) is 0 Å². The van der Waals surface area contributed by atoms with Gasteiger partial charge in [-0.1, -0.05) is 51.5 Å². The molecule has 5 atom stereocenters. The Morgan fingerprint density at radius 3 is 2.46 bits per heavy atom. The maximum atomic E-state index is 10.6. The Morgan fingerprint density at radius 2 is 1.71 bits per heavy atom.